The van der Waals surface area contributed by atoms with Crippen LogP contribution in [-0.2, 0) is 9.47 Å². The van der Waals surface area contributed by atoms with E-state index in [2.05, 4.69) is 33.1 Å². The summed E-state index contributed by atoms with van der Waals surface area (Å²) in [5, 5.41) is 14.5. The molecule has 0 bridgehead atoms. The molecule has 12 heteroatoms. The van der Waals surface area contributed by atoms with Gasteiger partial charge in [-0.3, -0.25) is 9.88 Å². The van der Waals surface area contributed by atoms with Gasteiger partial charge in [0.25, 0.3) is 0 Å². The van der Waals surface area contributed by atoms with Gasteiger partial charge in [0.05, 0.1) is 73.1 Å². The Kier molecular flexibility index (Phi) is 13.4. The molecule has 1 aliphatic heterocycles. The summed E-state index contributed by atoms with van der Waals surface area (Å²) in [6.07, 6.45) is 3.44. The van der Waals surface area contributed by atoms with Gasteiger partial charge in [-0.05, 0) is 25.0 Å². The zero-order valence-corrected chi connectivity index (χ0v) is 27.2. The lowest BCUT2D eigenvalue weighted by molar-refractivity contribution is 0.0316. The van der Waals surface area contributed by atoms with Gasteiger partial charge in [0.2, 0.25) is 0 Å². The molecule has 0 spiro atoms. The second-order valence-corrected chi connectivity index (χ2v) is 11.2. The number of nitrogens with zero attached hydrogens (tertiary/aromatic N) is 4. The van der Waals surface area contributed by atoms with Crippen molar-refractivity contribution in [3.8, 4) is 23.3 Å². The van der Waals surface area contributed by atoms with Gasteiger partial charge < -0.3 is 33.9 Å². The van der Waals surface area contributed by atoms with E-state index in [-0.39, 0.29) is 0 Å². The minimum Gasteiger partial charge on any atom is -0.495 e. The van der Waals surface area contributed by atoms with E-state index in [9.17, 15) is 5.26 Å². The number of ether oxygens (including phenoxy) is 5. The van der Waals surface area contributed by atoms with Gasteiger partial charge in [0, 0.05) is 69.6 Å². The summed E-state index contributed by atoms with van der Waals surface area (Å²) in [6, 6.07) is 9.14. The Morgan fingerprint density at radius 3 is 2.23 bits per heavy atom. The molecule has 0 atom stereocenters. The van der Waals surface area contributed by atoms with Gasteiger partial charge >= 0.3 is 0 Å². The molecule has 10 nitrogen and oxygen atoms in total. The molecule has 0 aliphatic carbocycles. The van der Waals surface area contributed by atoms with Gasteiger partial charge in [-0.2, -0.15) is 5.26 Å². The molecule has 1 fully saturated rings. The maximum atomic E-state index is 9.82. The van der Waals surface area contributed by atoms with E-state index in [1.165, 1.54) is 13.3 Å². The summed E-state index contributed by atoms with van der Waals surface area (Å²) in [5.74, 6) is 1.60. The van der Waals surface area contributed by atoms with Gasteiger partial charge in [0.15, 0.2) is 11.5 Å². The summed E-state index contributed by atoms with van der Waals surface area (Å²) in [4.78, 5) is 9.43. The summed E-state index contributed by atoms with van der Waals surface area (Å²) in [7, 11) is 3.12. The molecule has 1 N–H and O–H groups in total. The van der Waals surface area contributed by atoms with Crippen LogP contribution < -0.4 is 19.5 Å². The molecule has 0 saturated carbocycles. The zero-order valence-electron chi connectivity index (χ0n) is 25.7. The molecule has 238 valence electrons. The highest BCUT2D eigenvalue weighted by atomic mass is 35.5. The highest BCUT2D eigenvalue weighted by Gasteiger charge is 2.18. The first-order chi connectivity index (χ1) is 21.5. The number of rotatable bonds is 17. The van der Waals surface area contributed by atoms with Crippen molar-refractivity contribution in [2.45, 2.75) is 19.8 Å². The average Bonchev–Trinajstić information content (AvgIpc) is 3.04. The van der Waals surface area contributed by atoms with Crippen LogP contribution >= 0.6 is 23.2 Å². The molecular weight excluding hydrogens is 605 g/mol. The second kappa shape index (κ2) is 17.4. The summed E-state index contributed by atoms with van der Waals surface area (Å²) >= 11 is 12.7. The largest absolute Gasteiger partial charge is 0.495 e. The fourth-order valence-electron chi connectivity index (χ4n) is 4.97. The average molecular weight is 647 g/mol. The third-order valence-corrected chi connectivity index (χ3v) is 8.00. The number of halogens is 2. The van der Waals surface area contributed by atoms with Crippen molar-refractivity contribution in [2.75, 3.05) is 91.8 Å². The maximum absolute atomic E-state index is 9.82. The normalized spacial score (nSPS) is 14.0. The summed E-state index contributed by atoms with van der Waals surface area (Å²) in [6.45, 7) is 11.6. The number of nitriles is 1. The first kappa shape index (κ1) is 33.8. The Balaban J connectivity index is 1.31. The predicted octanol–water partition coefficient (Wildman–Crippen LogP) is 6.00. The van der Waals surface area contributed by atoms with Crippen LogP contribution in [0.1, 0.15) is 25.3 Å². The topological polar surface area (TPSA) is 101 Å². The van der Waals surface area contributed by atoms with Crippen LogP contribution in [0.2, 0.25) is 10.0 Å². The number of hydrogen-bond donors (Lipinski definition) is 1. The van der Waals surface area contributed by atoms with Crippen LogP contribution in [-0.4, -0.2) is 101 Å². The number of hydrogen-bond acceptors (Lipinski definition) is 10. The van der Waals surface area contributed by atoms with Crippen molar-refractivity contribution >= 4 is 45.5 Å². The Hall–Kier alpha value is -3.04. The van der Waals surface area contributed by atoms with Crippen LogP contribution in [0.3, 0.4) is 0 Å². The van der Waals surface area contributed by atoms with Gasteiger partial charge in [-0.25, -0.2) is 0 Å². The van der Waals surface area contributed by atoms with E-state index in [1.54, 1.807) is 19.2 Å². The third kappa shape index (κ3) is 9.24. The molecule has 4 rings (SSSR count). The fraction of sp³-hybridized carbons (Fsp3) is 0.500. The standard InChI is InChI=1S/C32H41Cl2N5O5/c1-4-12-42-15-16-43-14-11-39-9-7-38(8-10-39)6-5-13-44-31-19-27-24(17-30(31)41-3)32(23(21-35)22-36-27)37-28-20-29(40-2)26(34)18-25(28)33/h17-20,22H,4-16H2,1-3H3,(H,36,37). The lowest BCUT2D eigenvalue weighted by Crippen LogP contribution is -2.47. The summed E-state index contributed by atoms with van der Waals surface area (Å²) < 4.78 is 28.3. The van der Waals surface area contributed by atoms with Crippen LogP contribution in [0.15, 0.2) is 30.5 Å². The molecule has 0 amide bonds. The van der Waals surface area contributed by atoms with Crippen molar-refractivity contribution in [1.29, 1.82) is 5.26 Å². The first-order valence-electron chi connectivity index (χ1n) is 14.9. The predicted molar refractivity (Wildman–Crippen MR) is 174 cm³/mol. The molecule has 1 saturated heterocycles. The molecule has 1 aromatic heterocycles. The number of fused-ring (bicyclic) bond motifs is 1. The zero-order chi connectivity index (χ0) is 31.3. The lowest BCUT2D eigenvalue weighted by atomic mass is 10.1. The van der Waals surface area contributed by atoms with Crippen molar-refractivity contribution in [1.82, 2.24) is 14.8 Å². The molecule has 3 aromatic rings. The van der Waals surface area contributed by atoms with Crippen LogP contribution in [0.25, 0.3) is 10.9 Å². The van der Waals surface area contributed by atoms with Crippen molar-refractivity contribution in [2.24, 2.45) is 0 Å². The highest BCUT2D eigenvalue weighted by molar-refractivity contribution is 6.37. The van der Waals surface area contributed by atoms with Crippen molar-refractivity contribution < 1.29 is 23.7 Å². The molecule has 44 heavy (non-hydrogen) atoms. The number of pyridine rings is 1. The Morgan fingerprint density at radius 1 is 0.841 bits per heavy atom. The fourth-order valence-corrected chi connectivity index (χ4v) is 5.48. The number of piperazine rings is 1. The second-order valence-electron chi connectivity index (χ2n) is 10.4. The number of methoxy groups -OCH3 is 2. The first-order valence-corrected chi connectivity index (χ1v) is 15.7. The maximum Gasteiger partial charge on any atom is 0.163 e. The number of nitrogens with one attached hydrogen (secondary N) is 1. The molecule has 2 heterocycles. The molecule has 0 unspecified atom stereocenters. The molecule has 1 aliphatic rings. The monoisotopic (exact) mass is 645 g/mol. The SMILES string of the molecule is CCCOCCOCCN1CCN(CCCOc2cc3ncc(C#N)c(Nc4cc(OC)c(Cl)cc4Cl)c3cc2OC)CC1. The third-order valence-electron chi connectivity index (χ3n) is 7.39. The van der Waals surface area contributed by atoms with E-state index in [0.29, 0.717) is 75.0 Å². The van der Waals surface area contributed by atoms with Gasteiger partial charge in [0.1, 0.15) is 11.8 Å². The number of anilines is 2. The molecular formula is C32H41Cl2N5O5. The van der Waals surface area contributed by atoms with E-state index in [0.717, 1.165) is 65.3 Å². The minimum atomic E-state index is 0.350. The molecule has 0 radical (unpaired) electrons. The quantitative estimate of drug-likeness (QED) is 0.176. The van der Waals surface area contributed by atoms with Gasteiger partial charge in [-0.15, -0.1) is 0 Å². The van der Waals surface area contributed by atoms with Crippen LogP contribution in [0, 0.1) is 11.3 Å². The Morgan fingerprint density at radius 2 is 1.55 bits per heavy atom. The van der Waals surface area contributed by atoms with E-state index < -0.39 is 0 Å². The van der Waals surface area contributed by atoms with Gasteiger partial charge in [-0.1, -0.05) is 30.1 Å². The highest BCUT2D eigenvalue weighted by Crippen LogP contribution is 2.40. The minimum absolute atomic E-state index is 0.350. The smallest absolute Gasteiger partial charge is 0.163 e. The van der Waals surface area contributed by atoms with Crippen LogP contribution in [0.4, 0.5) is 11.4 Å². The lowest BCUT2D eigenvalue weighted by Gasteiger charge is -2.34. The Labute approximate surface area is 269 Å². The Bertz CT molecular complexity index is 1410. The number of benzene rings is 2. The van der Waals surface area contributed by atoms with Crippen molar-refractivity contribution in [3.05, 3.63) is 46.1 Å². The van der Waals surface area contributed by atoms with E-state index in [4.69, 9.17) is 46.9 Å². The number of aromatic nitrogens is 1. The molecule has 2 aromatic carbocycles. The van der Waals surface area contributed by atoms with Crippen molar-refractivity contribution in [3.63, 3.8) is 0 Å². The van der Waals surface area contributed by atoms with Crippen LogP contribution in [0.5, 0.6) is 17.2 Å². The van der Waals surface area contributed by atoms with E-state index in [1.807, 2.05) is 12.1 Å². The van der Waals surface area contributed by atoms with E-state index >= 15 is 0 Å². The summed E-state index contributed by atoms with van der Waals surface area (Å²) in [5.41, 5.74) is 2.08.